The fraction of sp³-hybridized carbons (Fsp3) is 0.409. The van der Waals surface area contributed by atoms with Gasteiger partial charge in [-0.25, -0.2) is 13.1 Å². The summed E-state index contributed by atoms with van der Waals surface area (Å²) in [6, 6.07) is 12.5. The maximum Gasteiger partial charge on any atom is 0.240 e. The van der Waals surface area contributed by atoms with Crippen molar-refractivity contribution in [3.63, 3.8) is 0 Å². The molecule has 29 heavy (non-hydrogen) atoms. The van der Waals surface area contributed by atoms with Gasteiger partial charge in [0.25, 0.3) is 0 Å². The van der Waals surface area contributed by atoms with Crippen LogP contribution in [0.3, 0.4) is 0 Å². The van der Waals surface area contributed by atoms with Gasteiger partial charge in [-0.1, -0.05) is 30.2 Å². The number of carbonyl (C=O) groups excluding carboxylic acids is 1. The van der Waals surface area contributed by atoms with Gasteiger partial charge in [0, 0.05) is 29.2 Å². The fourth-order valence-corrected chi connectivity index (χ4v) is 5.23. The lowest BCUT2D eigenvalue weighted by Gasteiger charge is -2.32. The molecule has 1 amide bonds. The van der Waals surface area contributed by atoms with E-state index in [1.165, 1.54) is 0 Å². The Labute approximate surface area is 177 Å². The molecule has 0 radical (unpaired) electrons. The average Bonchev–Trinajstić information content (AvgIpc) is 2.96. The standard InChI is InChI=1S/C22H25ClN2O3S/c1-15-13-18-14-20(9-10-21(18)25(15)22(26)17-3-2-4-17)29(27,28)24-12-11-16-5-7-19(23)8-6-16/h5-10,14-15,17,24H,2-4,11-13H2,1H3/t15-/m1/s1. The minimum Gasteiger partial charge on any atom is -0.309 e. The van der Waals surface area contributed by atoms with E-state index >= 15 is 0 Å². The Bertz CT molecular complexity index is 1020. The monoisotopic (exact) mass is 432 g/mol. The Morgan fingerprint density at radius 1 is 1.17 bits per heavy atom. The lowest BCUT2D eigenvalue weighted by atomic mass is 9.84. The van der Waals surface area contributed by atoms with Crippen LogP contribution in [0.2, 0.25) is 5.02 Å². The van der Waals surface area contributed by atoms with E-state index in [2.05, 4.69) is 4.72 Å². The predicted molar refractivity (Wildman–Crippen MR) is 115 cm³/mol. The second-order valence-corrected chi connectivity index (χ2v) is 10.2. The first-order chi connectivity index (χ1) is 13.8. The van der Waals surface area contributed by atoms with Crippen molar-refractivity contribution < 1.29 is 13.2 Å². The largest absolute Gasteiger partial charge is 0.309 e. The average molecular weight is 433 g/mol. The molecule has 0 unspecified atom stereocenters. The summed E-state index contributed by atoms with van der Waals surface area (Å²) < 4.78 is 28.1. The number of sulfonamides is 1. The Morgan fingerprint density at radius 3 is 2.55 bits per heavy atom. The minimum atomic E-state index is -3.60. The first-order valence-electron chi connectivity index (χ1n) is 10.1. The molecule has 5 nitrogen and oxygen atoms in total. The van der Waals surface area contributed by atoms with Gasteiger partial charge in [0.05, 0.1) is 4.90 Å². The number of rotatable bonds is 6. The van der Waals surface area contributed by atoms with Crippen LogP contribution in [0.25, 0.3) is 0 Å². The molecule has 1 heterocycles. The first kappa shape index (κ1) is 20.4. The molecular formula is C22H25ClN2O3S. The molecule has 0 spiro atoms. The lowest BCUT2D eigenvalue weighted by molar-refractivity contribution is -0.125. The summed E-state index contributed by atoms with van der Waals surface area (Å²) in [7, 11) is -3.60. The Hall–Kier alpha value is -1.89. The molecule has 1 aliphatic carbocycles. The molecule has 2 aromatic rings. The van der Waals surface area contributed by atoms with Crippen LogP contribution in [0.5, 0.6) is 0 Å². The molecule has 0 saturated heterocycles. The van der Waals surface area contributed by atoms with Crippen LogP contribution < -0.4 is 9.62 Å². The van der Waals surface area contributed by atoms with Gasteiger partial charge in [-0.2, -0.15) is 0 Å². The normalized spacial score (nSPS) is 19.1. The van der Waals surface area contributed by atoms with Crippen LogP contribution in [0.15, 0.2) is 47.4 Å². The number of carbonyl (C=O) groups is 1. The topological polar surface area (TPSA) is 66.5 Å². The molecule has 0 bridgehead atoms. The summed E-state index contributed by atoms with van der Waals surface area (Å²) in [4.78, 5) is 14.9. The highest BCUT2D eigenvalue weighted by atomic mass is 35.5. The van der Waals surface area contributed by atoms with E-state index in [1.807, 2.05) is 24.0 Å². The van der Waals surface area contributed by atoms with E-state index in [-0.39, 0.29) is 22.8 Å². The minimum absolute atomic E-state index is 0.0638. The summed E-state index contributed by atoms with van der Waals surface area (Å²) in [6.07, 6.45) is 4.30. The highest BCUT2D eigenvalue weighted by Crippen LogP contribution is 2.38. The van der Waals surface area contributed by atoms with Crippen molar-refractivity contribution in [1.29, 1.82) is 0 Å². The first-order valence-corrected chi connectivity index (χ1v) is 11.9. The van der Waals surface area contributed by atoms with Crippen molar-refractivity contribution in [2.75, 3.05) is 11.4 Å². The molecule has 1 saturated carbocycles. The van der Waals surface area contributed by atoms with E-state index in [4.69, 9.17) is 11.6 Å². The van der Waals surface area contributed by atoms with Crippen molar-refractivity contribution in [2.24, 2.45) is 5.92 Å². The van der Waals surface area contributed by atoms with Crippen molar-refractivity contribution in [1.82, 2.24) is 4.72 Å². The van der Waals surface area contributed by atoms with E-state index in [0.717, 1.165) is 36.1 Å². The predicted octanol–water partition coefficient (Wildman–Crippen LogP) is 3.94. The van der Waals surface area contributed by atoms with Crippen LogP contribution in [0.4, 0.5) is 5.69 Å². The van der Waals surface area contributed by atoms with E-state index in [1.54, 1.807) is 30.3 Å². The number of nitrogens with one attached hydrogen (secondary N) is 1. The molecule has 0 aromatic heterocycles. The maximum atomic E-state index is 12.8. The number of halogens is 1. The number of fused-ring (bicyclic) bond motifs is 1. The fourth-order valence-electron chi connectivity index (χ4n) is 4.03. The van der Waals surface area contributed by atoms with Crippen molar-refractivity contribution in [2.45, 2.75) is 50.0 Å². The number of anilines is 1. The van der Waals surface area contributed by atoms with Gasteiger partial charge in [-0.3, -0.25) is 4.79 Å². The number of hydrogen-bond donors (Lipinski definition) is 1. The van der Waals surface area contributed by atoms with E-state index in [0.29, 0.717) is 24.4 Å². The third-order valence-corrected chi connectivity index (χ3v) is 7.60. The van der Waals surface area contributed by atoms with Gasteiger partial charge in [0.2, 0.25) is 15.9 Å². The second kappa shape index (κ2) is 8.09. The number of hydrogen-bond acceptors (Lipinski definition) is 3. The van der Waals surface area contributed by atoms with E-state index < -0.39 is 10.0 Å². The summed E-state index contributed by atoms with van der Waals surface area (Å²) in [5.41, 5.74) is 2.80. The van der Waals surface area contributed by atoms with Gasteiger partial charge >= 0.3 is 0 Å². The van der Waals surface area contributed by atoms with Crippen LogP contribution in [0.1, 0.15) is 37.3 Å². The molecule has 2 aliphatic rings. The molecule has 154 valence electrons. The van der Waals surface area contributed by atoms with Gasteiger partial charge in [0.15, 0.2) is 0 Å². The Balaban J connectivity index is 1.45. The zero-order valence-electron chi connectivity index (χ0n) is 16.4. The van der Waals surface area contributed by atoms with Gasteiger partial charge < -0.3 is 4.90 Å². The zero-order chi connectivity index (χ0) is 20.6. The molecule has 2 aromatic carbocycles. The molecule has 4 rings (SSSR count). The van der Waals surface area contributed by atoms with Gasteiger partial charge in [-0.15, -0.1) is 0 Å². The van der Waals surface area contributed by atoms with Crippen molar-refractivity contribution in [3.05, 3.63) is 58.6 Å². The third kappa shape index (κ3) is 4.20. The molecule has 1 N–H and O–H groups in total. The van der Waals surface area contributed by atoms with Gasteiger partial charge in [0.1, 0.15) is 0 Å². The summed E-state index contributed by atoms with van der Waals surface area (Å²) >= 11 is 5.88. The highest BCUT2D eigenvalue weighted by Gasteiger charge is 2.37. The summed E-state index contributed by atoms with van der Waals surface area (Å²) in [5.74, 6) is 0.306. The van der Waals surface area contributed by atoms with Crippen molar-refractivity contribution in [3.8, 4) is 0 Å². The lowest BCUT2D eigenvalue weighted by Crippen LogP contribution is -2.42. The van der Waals surface area contributed by atoms with E-state index in [9.17, 15) is 13.2 Å². The number of nitrogens with zero attached hydrogens (tertiary/aromatic N) is 1. The summed E-state index contributed by atoms with van der Waals surface area (Å²) in [5, 5.41) is 0.659. The number of amides is 1. The second-order valence-electron chi connectivity index (χ2n) is 7.95. The van der Waals surface area contributed by atoms with Crippen LogP contribution >= 0.6 is 11.6 Å². The molecular weight excluding hydrogens is 408 g/mol. The smallest absolute Gasteiger partial charge is 0.240 e. The van der Waals surface area contributed by atoms with Crippen LogP contribution in [-0.2, 0) is 27.7 Å². The molecule has 7 heteroatoms. The Morgan fingerprint density at radius 2 is 1.90 bits per heavy atom. The quantitative estimate of drug-likeness (QED) is 0.751. The number of benzene rings is 2. The zero-order valence-corrected chi connectivity index (χ0v) is 18.0. The third-order valence-electron chi connectivity index (χ3n) is 5.89. The maximum absolute atomic E-state index is 12.8. The Kier molecular flexibility index (Phi) is 5.69. The summed E-state index contributed by atoms with van der Waals surface area (Å²) in [6.45, 7) is 2.33. The molecule has 1 aliphatic heterocycles. The van der Waals surface area contributed by atoms with Gasteiger partial charge in [-0.05, 0) is 74.1 Å². The van der Waals surface area contributed by atoms with Crippen molar-refractivity contribution >= 4 is 33.2 Å². The molecule has 1 atom stereocenters. The van der Waals surface area contributed by atoms with Crippen LogP contribution in [-0.4, -0.2) is 26.9 Å². The van der Waals surface area contributed by atoms with Crippen LogP contribution in [0, 0.1) is 5.92 Å². The molecule has 1 fully saturated rings. The highest BCUT2D eigenvalue weighted by molar-refractivity contribution is 7.89. The SMILES string of the molecule is C[C@@H]1Cc2cc(S(=O)(=O)NCCc3ccc(Cl)cc3)ccc2N1C(=O)C1CCC1.